The van der Waals surface area contributed by atoms with Crippen molar-refractivity contribution in [2.24, 2.45) is 5.92 Å². The minimum atomic E-state index is -1.17. The summed E-state index contributed by atoms with van der Waals surface area (Å²) in [6, 6.07) is 17.6. The van der Waals surface area contributed by atoms with E-state index < -0.39 is 5.41 Å². The highest BCUT2D eigenvalue weighted by molar-refractivity contribution is 6.10. The second-order valence-corrected chi connectivity index (χ2v) is 9.33. The zero-order chi connectivity index (χ0) is 23.6. The van der Waals surface area contributed by atoms with Crippen LogP contribution in [0.25, 0.3) is 11.1 Å². The highest BCUT2D eigenvalue weighted by Crippen LogP contribution is 2.41. The Kier molecular flexibility index (Phi) is 6.66. The standard InChI is InChI=1S/C27H32N2O4/c1-3-23(30)21-13-15-29(16-14-21)25(32)18-27(17-24(31)28(2)26(27)33)22-11-9-20(10-12-22)19-7-5-4-6-8-19/h4-12,21,23,30H,3,13-18H2,1-2H3/t23-,27-/m0/s1. The molecule has 2 saturated heterocycles. The molecule has 0 aliphatic carbocycles. The summed E-state index contributed by atoms with van der Waals surface area (Å²) in [5.41, 5.74) is 1.62. The lowest BCUT2D eigenvalue weighted by Crippen LogP contribution is -2.46. The molecule has 0 unspecified atom stereocenters. The number of hydrogen-bond acceptors (Lipinski definition) is 4. The van der Waals surface area contributed by atoms with Gasteiger partial charge in [-0.15, -0.1) is 0 Å². The number of aliphatic hydroxyl groups excluding tert-OH is 1. The van der Waals surface area contributed by atoms with E-state index in [0.29, 0.717) is 25.1 Å². The number of imide groups is 1. The molecule has 174 valence electrons. The minimum Gasteiger partial charge on any atom is -0.393 e. The van der Waals surface area contributed by atoms with Gasteiger partial charge in [0.05, 0.1) is 11.5 Å². The molecule has 0 aromatic heterocycles. The van der Waals surface area contributed by atoms with Crippen LogP contribution in [0.4, 0.5) is 0 Å². The van der Waals surface area contributed by atoms with E-state index in [1.54, 1.807) is 4.90 Å². The molecule has 33 heavy (non-hydrogen) atoms. The highest BCUT2D eigenvalue weighted by Gasteiger charge is 2.53. The number of aliphatic hydroxyl groups is 1. The van der Waals surface area contributed by atoms with Crippen molar-refractivity contribution < 1.29 is 19.5 Å². The normalized spacial score (nSPS) is 22.6. The molecule has 0 radical (unpaired) electrons. The van der Waals surface area contributed by atoms with Gasteiger partial charge in [0, 0.05) is 33.0 Å². The van der Waals surface area contributed by atoms with Gasteiger partial charge in [0.1, 0.15) is 0 Å². The van der Waals surface area contributed by atoms with Gasteiger partial charge in [-0.25, -0.2) is 0 Å². The first-order chi connectivity index (χ1) is 15.9. The van der Waals surface area contributed by atoms with E-state index in [9.17, 15) is 19.5 Å². The Labute approximate surface area is 195 Å². The fourth-order valence-corrected chi connectivity index (χ4v) is 5.20. The third kappa shape index (κ3) is 4.44. The van der Waals surface area contributed by atoms with E-state index in [0.717, 1.165) is 28.9 Å². The number of rotatable bonds is 6. The Bertz CT molecular complexity index is 1010. The lowest BCUT2D eigenvalue weighted by molar-refractivity contribution is -0.142. The second-order valence-electron chi connectivity index (χ2n) is 9.33. The van der Waals surface area contributed by atoms with Crippen molar-refractivity contribution in [1.82, 2.24) is 9.80 Å². The Balaban J connectivity index is 1.57. The van der Waals surface area contributed by atoms with Crippen molar-refractivity contribution in [3.63, 3.8) is 0 Å². The molecular weight excluding hydrogens is 416 g/mol. The summed E-state index contributed by atoms with van der Waals surface area (Å²) >= 11 is 0. The van der Waals surface area contributed by atoms with Crippen molar-refractivity contribution in [3.05, 3.63) is 60.2 Å². The smallest absolute Gasteiger partial charge is 0.240 e. The summed E-state index contributed by atoms with van der Waals surface area (Å²) in [5, 5.41) is 10.1. The van der Waals surface area contributed by atoms with Crippen LogP contribution in [0.3, 0.4) is 0 Å². The Hall–Kier alpha value is -2.99. The predicted octanol–water partition coefficient (Wildman–Crippen LogP) is 3.38. The molecule has 6 nitrogen and oxygen atoms in total. The van der Waals surface area contributed by atoms with Crippen LogP contribution < -0.4 is 0 Å². The molecule has 2 aromatic rings. The molecule has 2 aliphatic rings. The number of likely N-dealkylation sites (N-methyl/N-ethyl adjacent to an activating group) is 1. The number of amides is 3. The summed E-state index contributed by atoms with van der Waals surface area (Å²) in [6.45, 7) is 3.11. The van der Waals surface area contributed by atoms with Crippen molar-refractivity contribution in [2.75, 3.05) is 20.1 Å². The van der Waals surface area contributed by atoms with Gasteiger partial charge in [0.2, 0.25) is 17.7 Å². The average molecular weight is 449 g/mol. The first kappa shape index (κ1) is 23.2. The average Bonchev–Trinajstić information content (AvgIpc) is 3.08. The fourth-order valence-electron chi connectivity index (χ4n) is 5.20. The van der Waals surface area contributed by atoms with E-state index in [1.807, 2.05) is 61.5 Å². The van der Waals surface area contributed by atoms with Gasteiger partial charge < -0.3 is 10.0 Å². The van der Waals surface area contributed by atoms with Gasteiger partial charge >= 0.3 is 0 Å². The van der Waals surface area contributed by atoms with Crippen LogP contribution in [0, 0.1) is 5.92 Å². The molecule has 0 saturated carbocycles. The molecule has 4 rings (SSSR count). The summed E-state index contributed by atoms with van der Waals surface area (Å²) in [5.74, 6) is -0.475. The number of likely N-dealkylation sites (tertiary alicyclic amines) is 2. The summed E-state index contributed by atoms with van der Waals surface area (Å²) in [6.07, 6.45) is 1.87. The summed E-state index contributed by atoms with van der Waals surface area (Å²) < 4.78 is 0. The van der Waals surface area contributed by atoms with Crippen LogP contribution in [0.2, 0.25) is 0 Å². The second kappa shape index (κ2) is 9.48. The topological polar surface area (TPSA) is 77.9 Å². The van der Waals surface area contributed by atoms with E-state index >= 15 is 0 Å². The maximum absolute atomic E-state index is 13.3. The van der Waals surface area contributed by atoms with Crippen LogP contribution in [-0.4, -0.2) is 58.9 Å². The predicted molar refractivity (Wildman–Crippen MR) is 126 cm³/mol. The zero-order valence-electron chi connectivity index (χ0n) is 19.4. The highest BCUT2D eigenvalue weighted by atomic mass is 16.3. The van der Waals surface area contributed by atoms with Crippen molar-refractivity contribution in [3.8, 4) is 11.1 Å². The molecule has 2 heterocycles. The number of nitrogens with zero attached hydrogens (tertiary/aromatic N) is 2. The number of piperidine rings is 1. The van der Waals surface area contributed by atoms with Crippen LogP contribution >= 0.6 is 0 Å². The SMILES string of the molecule is CC[C@H](O)C1CCN(C(=O)C[C@]2(c3ccc(-c4ccccc4)cc3)CC(=O)N(C)C2=O)CC1. The lowest BCUT2D eigenvalue weighted by atomic mass is 9.75. The van der Waals surface area contributed by atoms with Crippen molar-refractivity contribution in [1.29, 1.82) is 0 Å². The first-order valence-electron chi connectivity index (χ1n) is 11.8. The Morgan fingerprint density at radius 1 is 1.03 bits per heavy atom. The monoisotopic (exact) mass is 448 g/mol. The van der Waals surface area contributed by atoms with E-state index in [1.165, 1.54) is 7.05 Å². The molecule has 0 spiro atoms. The maximum atomic E-state index is 13.3. The number of hydrogen-bond donors (Lipinski definition) is 1. The number of carbonyl (C=O) groups excluding carboxylic acids is 3. The van der Waals surface area contributed by atoms with Crippen LogP contribution in [0.15, 0.2) is 54.6 Å². The summed E-state index contributed by atoms with van der Waals surface area (Å²) in [4.78, 5) is 42.1. The molecular formula is C27H32N2O4. The summed E-state index contributed by atoms with van der Waals surface area (Å²) in [7, 11) is 1.49. The van der Waals surface area contributed by atoms with Gasteiger partial charge in [-0.1, -0.05) is 61.5 Å². The Morgan fingerprint density at radius 3 is 2.18 bits per heavy atom. The number of benzene rings is 2. The molecule has 2 aliphatic heterocycles. The zero-order valence-corrected chi connectivity index (χ0v) is 19.4. The van der Waals surface area contributed by atoms with Crippen LogP contribution in [0.5, 0.6) is 0 Å². The quantitative estimate of drug-likeness (QED) is 0.688. The van der Waals surface area contributed by atoms with Gasteiger partial charge in [-0.3, -0.25) is 19.3 Å². The molecule has 1 N–H and O–H groups in total. The lowest BCUT2D eigenvalue weighted by Gasteiger charge is -2.36. The third-order valence-corrected chi connectivity index (χ3v) is 7.39. The van der Waals surface area contributed by atoms with Gasteiger partial charge in [-0.05, 0) is 41.9 Å². The van der Waals surface area contributed by atoms with Gasteiger partial charge in [-0.2, -0.15) is 0 Å². The Morgan fingerprint density at radius 2 is 1.64 bits per heavy atom. The van der Waals surface area contributed by atoms with Crippen molar-refractivity contribution in [2.45, 2.75) is 50.5 Å². The largest absolute Gasteiger partial charge is 0.393 e. The van der Waals surface area contributed by atoms with Crippen molar-refractivity contribution >= 4 is 17.7 Å². The van der Waals surface area contributed by atoms with E-state index in [-0.39, 0.29) is 42.6 Å². The van der Waals surface area contributed by atoms with Crippen LogP contribution in [-0.2, 0) is 19.8 Å². The molecule has 6 heteroatoms. The van der Waals surface area contributed by atoms with E-state index in [2.05, 4.69) is 0 Å². The maximum Gasteiger partial charge on any atom is 0.240 e. The first-order valence-corrected chi connectivity index (χ1v) is 11.8. The third-order valence-electron chi connectivity index (χ3n) is 7.39. The van der Waals surface area contributed by atoms with Gasteiger partial charge in [0.25, 0.3) is 0 Å². The molecule has 2 atom stereocenters. The molecule has 2 fully saturated rings. The van der Waals surface area contributed by atoms with Gasteiger partial charge in [0.15, 0.2) is 0 Å². The fraction of sp³-hybridized carbons (Fsp3) is 0.444. The minimum absolute atomic E-state index is 0.00374. The molecule has 0 bridgehead atoms. The number of carbonyl (C=O) groups is 3. The molecule has 2 aromatic carbocycles. The van der Waals surface area contributed by atoms with E-state index in [4.69, 9.17) is 0 Å². The van der Waals surface area contributed by atoms with Crippen LogP contribution in [0.1, 0.15) is 44.6 Å². The molecule has 3 amide bonds.